The van der Waals surface area contributed by atoms with Gasteiger partial charge < -0.3 is 9.04 Å². The molecule has 34 heavy (non-hydrogen) atoms. The van der Waals surface area contributed by atoms with Crippen molar-refractivity contribution in [3.63, 3.8) is 0 Å². The third-order valence-electron chi connectivity index (χ3n) is 6.47. The summed E-state index contributed by atoms with van der Waals surface area (Å²) in [6, 6.07) is 10.9. The first kappa shape index (κ1) is 33.1. The van der Waals surface area contributed by atoms with E-state index in [-0.39, 0.29) is 0 Å². The van der Waals surface area contributed by atoms with E-state index in [0.717, 1.165) is 4.48 Å². The molecule has 1 rings (SSSR count). The number of benzene rings is 1. The molecule has 0 amide bonds. The highest BCUT2D eigenvalue weighted by atomic mass is 32.2. The molecule has 4 nitrogen and oxygen atoms in total. The van der Waals surface area contributed by atoms with E-state index < -0.39 is 10.1 Å². The maximum Gasteiger partial charge on any atom is 0.0916 e. The van der Waals surface area contributed by atoms with E-state index in [0.29, 0.717) is 6.26 Å². The molecule has 0 bridgehead atoms. The van der Waals surface area contributed by atoms with Crippen molar-refractivity contribution in [2.45, 2.75) is 116 Å². The van der Waals surface area contributed by atoms with Gasteiger partial charge in [0.2, 0.25) is 0 Å². The zero-order valence-electron chi connectivity index (χ0n) is 22.9. The average Bonchev–Trinajstić information content (AvgIpc) is 2.77. The van der Waals surface area contributed by atoms with E-state index in [1.54, 1.807) is 0 Å². The summed E-state index contributed by atoms with van der Waals surface area (Å²) in [7, 11) is 0.877. The SMILES string of the molecule is CCCCCCCCCCCCCCCCCC[N+](C)(C)CCc1ccccc1.CS(=O)(=O)[O-]. The molecule has 0 radical (unpaired) electrons. The van der Waals surface area contributed by atoms with E-state index in [9.17, 15) is 0 Å². The maximum absolute atomic E-state index is 9.08. The third-order valence-corrected chi connectivity index (χ3v) is 6.47. The van der Waals surface area contributed by atoms with Crippen LogP contribution in [0.1, 0.15) is 115 Å². The Bertz CT molecular complexity index is 651. The predicted molar refractivity (Wildman–Crippen MR) is 147 cm³/mol. The molecule has 1 aromatic rings. The van der Waals surface area contributed by atoms with Gasteiger partial charge in [-0.1, -0.05) is 127 Å². The van der Waals surface area contributed by atoms with E-state index in [4.69, 9.17) is 13.0 Å². The monoisotopic (exact) mass is 497 g/mol. The molecule has 0 unspecified atom stereocenters. The van der Waals surface area contributed by atoms with Crippen molar-refractivity contribution >= 4 is 10.1 Å². The van der Waals surface area contributed by atoms with Crippen molar-refractivity contribution in [3.8, 4) is 0 Å². The van der Waals surface area contributed by atoms with E-state index in [1.165, 1.54) is 128 Å². The van der Waals surface area contributed by atoms with Gasteiger partial charge in [0, 0.05) is 12.7 Å². The van der Waals surface area contributed by atoms with Gasteiger partial charge in [0.05, 0.1) is 37.3 Å². The number of unbranched alkanes of at least 4 members (excludes halogenated alkanes) is 15. The maximum atomic E-state index is 9.08. The summed E-state index contributed by atoms with van der Waals surface area (Å²) < 4.78 is 28.4. The van der Waals surface area contributed by atoms with E-state index >= 15 is 0 Å². The lowest BCUT2D eigenvalue weighted by molar-refractivity contribution is -0.890. The molecule has 0 saturated heterocycles. The number of hydrogen-bond acceptors (Lipinski definition) is 3. The Kier molecular flexibility index (Phi) is 20.8. The number of likely N-dealkylation sites (N-methyl/N-ethyl adjacent to an activating group) is 1. The van der Waals surface area contributed by atoms with Gasteiger partial charge in [-0.3, -0.25) is 0 Å². The van der Waals surface area contributed by atoms with Crippen LogP contribution < -0.4 is 0 Å². The van der Waals surface area contributed by atoms with E-state index in [2.05, 4.69) is 51.4 Å². The minimum Gasteiger partial charge on any atom is -0.748 e. The molecular formula is C29H55NO3S. The molecule has 0 fully saturated rings. The molecule has 1 aromatic carbocycles. The first-order chi connectivity index (χ1) is 16.1. The Morgan fingerprint density at radius 2 is 1.00 bits per heavy atom. The van der Waals surface area contributed by atoms with Crippen LogP contribution in [0.15, 0.2) is 30.3 Å². The highest BCUT2D eigenvalue weighted by Gasteiger charge is 2.14. The van der Waals surface area contributed by atoms with Gasteiger partial charge in [0.15, 0.2) is 0 Å². The average molecular weight is 498 g/mol. The van der Waals surface area contributed by atoms with Crippen LogP contribution in [0.4, 0.5) is 0 Å². The Hall–Kier alpha value is -0.910. The predicted octanol–water partition coefficient (Wildman–Crippen LogP) is 7.73. The fourth-order valence-corrected chi connectivity index (χ4v) is 4.28. The first-order valence-corrected chi connectivity index (χ1v) is 15.7. The van der Waals surface area contributed by atoms with Crippen LogP contribution in [0.3, 0.4) is 0 Å². The quantitative estimate of drug-likeness (QED) is 0.105. The molecule has 0 atom stereocenters. The van der Waals surface area contributed by atoms with Gasteiger partial charge in [-0.25, -0.2) is 8.42 Å². The zero-order chi connectivity index (χ0) is 25.5. The molecule has 0 aliphatic rings. The highest BCUT2D eigenvalue weighted by molar-refractivity contribution is 7.84. The number of hydrogen-bond donors (Lipinski definition) is 0. The second kappa shape index (κ2) is 21.4. The zero-order valence-corrected chi connectivity index (χ0v) is 23.7. The fourth-order valence-electron chi connectivity index (χ4n) is 4.28. The summed E-state index contributed by atoms with van der Waals surface area (Å²) in [6.07, 6.45) is 25.0. The lowest BCUT2D eigenvalue weighted by atomic mass is 10.0. The Morgan fingerprint density at radius 1 is 0.647 bits per heavy atom. The molecule has 0 aliphatic heterocycles. The number of quaternary nitrogens is 1. The van der Waals surface area contributed by atoms with Crippen LogP contribution in [0.2, 0.25) is 0 Å². The molecule has 5 heteroatoms. The summed E-state index contributed by atoms with van der Waals surface area (Å²) in [4.78, 5) is 0. The van der Waals surface area contributed by atoms with Crippen molar-refractivity contribution in [2.24, 2.45) is 0 Å². The van der Waals surface area contributed by atoms with Gasteiger partial charge in [0.25, 0.3) is 0 Å². The molecular weight excluding hydrogens is 442 g/mol. The van der Waals surface area contributed by atoms with Crippen LogP contribution in [-0.4, -0.2) is 50.9 Å². The van der Waals surface area contributed by atoms with Crippen LogP contribution in [0.5, 0.6) is 0 Å². The Balaban J connectivity index is 0.00000196. The second-order valence-electron chi connectivity index (χ2n) is 10.6. The minimum atomic E-state index is -3.92. The Morgan fingerprint density at radius 3 is 1.38 bits per heavy atom. The Labute approximate surface area is 212 Å². The molecule has 0 saturated carbocycles. The van der Waals surface area contributed by atoms with Crippen molar-refractivity contribution in [2.75, 3.05) is 33.4 Å². The van der Waals surface area contributed by atoms with Gasteiger partial charge in [-0.05, 0) is 18.4 Å². The number of nitrogens with zero attached hydrogens (tertiary/aromatic N) is 1. The fraction of sp³-hybridized carbons (Fsp3) is 0.793. The molecule has 0 aliphatic carbocycles. The van der Waals surface area contributed by atoms with Crippen LogP contribution in [0, 0.1) is 0 Å². The van der Waals surface area contributed by atoms with Crippen molar-refractivity contribution < 1.29 is 17.5 Å². The minimum absolute atomic E-state index is 0.604. The number of rotatable bonds is 20. The third kappa shape index (κ3) is 27.3. The summed E-state index contributed by atoms with van der Waals surface area (Å²) in [5.41, 5.74) is 1.48. The summed E-state index contributed by atoms with van der Waals surface area (Å²) in [5.74, 6) is 0. The van der Waals surface area contributed by atoms with Crippen LogP contribution >= 0.6 is 0 Å². The molecule has 200 valence electrons. The van der Waals surface area contributed by atoms with Crippen LogP contribution in [-0.2, 0) is 16.5 Å². The molecule has 0 aromatic heterocycles. The summed E-state index contributed by atoms with van der Waals surface area (Å²) in [6.45, 7) is 4.88. The summed E-state index contributed by atoms with van der Waals surface area (Å²) in [5, 5.41) is 0. The molecule has 0 N–H and O–H groups in total. The molecule has 0 spiro atoms. The lowest BCUT2D eigenvalue weighted by Gasteiger charge is -2.30. The highest BCUT2D eigenvalue weighted by Crippen LogP contribution is 2.14. The largest absolute Gasteiger partial charge is 0.748 e. The van der Waals surface area contributed by atoms with Gasteiger partial charge in [-0.2, -0.15) is 0 Å². The van der Waals surface area contributed by atoms with E-state index in [1.807, 2.05) is 0 Å². The van der Waals surface area contributed by atoms with Crippen LogP contribution in [0.25, 0.3) is 0 Å². The van der Waals surface area contributed by atoms with Crippen molar-refractivity contribution in [1.29, 1.82) is 0 Å². The smallest absolute Gasteiger partial charge is 0.0916 e. The normalized spacial score (nSPS) is 11.8. The van der Waals surface area contributed by atoms with Gasteiger partial charge in [-0.15, -0.1) is 0 Å². The first-order valence-electron chi connectivity index (χ1n) is 13.9. The van der Waals surface area contributed by atoms with Crippen molar-refractivity contribution in [1.82, 2.24) is 0 Å². The van der Waals surface area contributed by atoms with Gasteiger partial charge in [0.1, 0.15) is 0 Å². The molecule has 0 heterocycles. The topological polar surface area (TPSA) is 57.2 Å². The summed E-state index contributed by atoms with van der Waals surface area (Å²) >= 11 is 0. The lowest BCUT2D eigenvalue weighted by Crippen LogP contribution is -2.42. The second-order valence-corrected chi connectivity index (χ2v) is 12.0. The van der Waals surface area contributed by atoms with Crippen molar-refractivity contribution in [3.05, 3.63) is 35.9 Å². The van der Waals surface area contributed by atoms with Gasteiger partial charge >= 0.3 is 0 Å². The standard InChI is InChI=1S/C28H52N.CH4O3S/c1-4-5-6-7-8-9-10-11-12-13-14-15-16-17-18-22-26-29(2,3)27-25-28-23-20-19-21-24-28;1-5(2,3)4/h19-21,23-24H,4-18,22,25-27H2,1-3H3;1H3,(H,2,3,4)/q+1;/p-1.